The van der Waals surface area contributed by atoms with E-state index in [1.807, 2.05) is 41.0 Å². The molecule has 1 N–H and O–H groups in total. The molecule has 8 nitrogen and oxygen atoms in total. The summed E-state index contributed by atoms with van der Waals surface area (Å²) in [6.45, 7) is 1.94. The predicted octanol–water partition coefficient (Wildman–Crippen LogP) is 1.74. The number of benzene rings is 2. The summed E-state index contributed by atoms with van der Waals surface area (Å²) in [5, 5.41) is 4.23. The third-order valence-electron chi connectivity index (χ3n) is 5.90. The van der Waals surface area contributed by atoms with Crippen LogP contribution in [0.15, 0.2) is 40.9 Å². The Morgan fingerprint density at radius 2 is 1.88 bits per heavy atom. The number of amides is 1. The Morgan fingerprint density at radius 3 is 2.44 bits per heavy atom. The molecule has 0 bridgehead atoms. The summed E-state index contributed by atoms with van der Waals surface area (Å²) in [7, 11) is -2.08. The Hall–Kier alpha value is -2.72. The number of anilines is 1. The number of esters is 1. The maximum atomic E-state index is 12.8. The first kappa shape index (κ1) is 24.4. The van der Waals surface area contributed by atoms with Gasteiger partial charge in [-0.15, -0.1) is 4.58 Å². The molecule has 1 heterocycles. The van der Waals surface area contributed by atoms with Crippen molar-refractivity contribution in [3.05, 3.63) is 57.0 Å². The molecule has 180 valence electrons. The monoisotopic (exact) mass is 548 g/mol. The zero-order valence-electron chi connectivity index (χ0n) is 19.3. The number of hydrogen-bond donors (Lipinski definition) is 1. The fourth-order valence-corrected chi connectivity index (χ4v) is 5.39. The van der Waals surface area contributed by atoms with E-state index in [2.05, 4.69) is 21.2 Å². The maximum absolute atomic E-state index is 12.8. The minimum absolute atomic E-state index is 0.0134. The molecular formula is C24H27BrN3O5S+. The van der Waals surface area contributed by atoms with Crippen molar-refractivity contribution in [2.24, 2.45) is 0 Å². The van der Waals surface area contributed by atoms with E-state index in [9.17, 15) is 18.0 Å². The lowest BCUT2D eigenvalue weighted by atomic mass is 10.0. The topological polar surface area (TPSA) is 95.8 Å². The average Bonchev–Trinajstić information content (AvgIpc) is 3.61. The van der Waals surface area contributed by atoms with Crippen LogP contribution in [0.3, 0.4) is 0 Å². The lowest BCUT2D eigenvalue weighted by molar-refractivity contribution is -0.142. The van der Waals surface area contributed by atoms with E-state index in [-0.39, 0.29) is 31.4 Å². The van der Waals surface area contributed by atoms with Gasteiger partial charge in [0.15, 0.2) is 0 Å². The number of ether oxygens (including phenoxy) is 1. The Balaban J connectivity index is 1.91. The van der Waals surface area contributed by atoms with Gasteiger partial charge in [0, 0.05) is 36.3 Å². The molecule has 4 rings (SSSR count). The minimum atomic E-state index is -3.67. The average molecular weight is 549 g/mol. The molecular weight excluding hydrogens is 522 g/mol. The molecule has 1 aliphatic carbocycles. The van der Waals surface area contributed by atoms with E-state index >= 15 is 0 Å². The fourth-order valence-electron chi connectivity index (χ4n) is 4.19. The highest BCUT2D eigenvalue weighted by Crippen LogP contribution is 2.44. The fraction of sp³-hybridized carbons (Fsp3) is 0.375. The van der Waals surface area contributed by atoms with Crippen LogP contribution in [-0.4, -0.2) is 46.7 Å². The largest absolute Gasteiger partial charge is 0.466 e. The van der Waals surface area contributed by atoms with Crippen molar-refractivity contribution in [3.8, 4) is 0 Å². The second-order valence-electron chi connectivity index (χ2n) is 8.33. The highest BCUT2D eigenvalue weighted by Gasteiger charge is 2.38. The van der Waals surface area contributed by atoms with Crippen LogP contribution in [0.1, 0.15) is 37.7 Å². The number of hydrogen-bond acceptors (Lipinski definition) is 5. The van der Waals surface area contributed by atoms with Crippen molar-refractivity contribution in [1.29, 1.82) is 0 Å². The van der Waals surface area contributed by atoms with E-state index in [0.717, 1.165) is 45.4 Å². The molecule has 0 radical (unpaired) electrons. The van der Waals surface area contributed by atoms with Crippen molar-refractivity contribution >= 4 is 54.9 Å². The van der Waals surface area contributed by atoms with Gasteiger partial charge in [0.25, 0.3) is 5.70 Å². The number of likely N-dealkylation sites (N-methyl/N-ethyl adjacent to an activating group) is 1. The molecule has 0 aromatic heterocycles. The van der Waals surface area contributed by atoms with Crippen LogP contribution in [0.2, 0.25) is 0 Å². The molecule has 0 saturated heterocycles. The number of rotatable bonds is 9. The van der Waals surface area contributed by atoms with Gasteiger partial charge in [0.1, 0.15) is 5.22 Å². The van der Waals surface area contributed by atoms with Crippen LogP contribution >= 0.6 is 15.9 Å². The first-order valence-electron chi connectivity index (χ1n) is 11.1. The second-order valence-corrected chi connectivity index (χ2v) is 11.2. The number of carbonyl (C=O) groups is 2. The Bertz CT molecular complexity index is 1380. The molecule has 2 aromatic carbocycles. The number of carbonyl (C=O) groups excluding carboxylic acids is 2. The van der Waals surface area contributed by atoms with Gasteiger partial charge in [-0.2, -0.15) is 0 Å². The third kappa shape index (κ3) is 4.74. The maximum Gasteiger partial charge on any atom is 0.317 e. The summed E-state index contributed by atoms with van der Waals surface area (Å²) in [5.74, 6) is -0.438. The summed E-state index contributed by atoms with van der Waals surface area (Å²) in [6, 6.07) is 11.3. The quantitative estimate of drug-likeness (QED) is 0.380. The summed E-state index contributed by atoms with van der Waals surface area (Å²) < 4.78 is 34.6. The summed E-state index contributed by atoms with van der Waals surface area (Å²) in [6.07, 6.45) is 3.00. The number of nitrogens with one attached hydrogen (secondary N) is 1. The highest BCUT2D eigenvalue weighted by molar-refractivity contribution is 9.10. The van der Waals surface area contributed by atoms with Crippen LogP contribution in [0.4, 0.5) is 11.4 Å². The lowest BCUT2D eigenvalue weighted by Gasteiger charge is -2.25. The molecule has 0 atom stereocenters. The van der Waals surface area contributed by atoms with Crippen LogP contribution in [0, 0.1) is 0 Å². The smallest absolute Gasteiger partial charge is 0.317 e. The Labute approximate surface area is 207 Å². The molecule has 1 saturated carbocycles. The van der Waals surface area contributed by atoms with Gasteiger partial charge < -0.3 is 10.1 Å². The van der Waals surface area contributed by atoms with E-state index in [1.165, 1.54) is 4.31 Å². The summed E-state index contributed by atoms with van der Waals surface area (Å²) in [4.78, 5) is 24.7. The molecule has 2 aliphatic rings. The van der Waals surface area contributed by atoms with E-state index < -0.39 is 16.0 Å². The van der Waals surface area contributed by atoms with Gasteiger partial charge in [0.05, 0.1) is 25.0 Å². The molecule has 1 aliphatic heterocycles. The van der Waals surface area contributed by atoms with Crippen LogP contribution in [0.25, 0.3) is 5.70 Å². The SMILES string of the molecule is CCOC(=O)CCN(c1cc2c(cc1C1CC1)=C(C(=O)NC)[N+]=2c1ccc(Br)cc1)S(C)(=O)=O. The first-order valence-corrected chi connectivity index (χ1v) is 13.8. The van der Waals surface area contributed by atoms with E-state index in [1.54, 1.807) is 14.0 Å². The van der Waals surface area contributed by atoms with Gasteiger partial charge in [-0.25, -0.2) is 8.42 Å². The second kappa shape index (κ2) is 9.50. The first-order chi connectivity index (χ1) is 16.2. The lowest BCUT2D eigenvalue weighted by Crippen LogP contribution is -2.54. The van der Waals surface area contributed by atoms with E-state index in [4.69, 9.17) is 4.74 Å². The number of nitrogens with zero attached hydrogens (tertiary/aromatic N) is 2. The molecule has 10 heteroatoms. The van der Waals surface area contributed by atoms with Crippen molar-refractivity contribution in [1.82, 2.24) is 9.89 Å². The zero-order chi connectivity index (χ0) is 24.6. The third-order valence-corrected chi connectivity index (χ3v) is 7.61. The minimum Gasteiger partial charge on any atom is -0.466 e. The highest BCUT2D eigenvalue weighted by atomic mass is 79.9. The predicted molar refractivity (Wildman–Crippen MR) is 134 cm³/mol. The molecule has 2 aromatic rings. The molecule has 1 amide bonds. The van der Waals surface area contributed by atoms with Crippen LogP contribution in [-0.2, 0) is 24.3 Å². The Kier molecular flexibility index (Phi) is 6.82. The number of sulfonamides is 1. The summed E-state index contributed by atoms with van der Waals surface area (Å²) >= 11 is 3.43. The van der Waals surface area contributed by atoms with E-state index in [0.29, 0.717) is 11.4 Å². The van der Waals surface area contributed by atoms with Crippen LogP contribution in [0.5, 0.6) is 0 Å². The standard InChI is InChI=1S/C24H26BrN3O5S/c1-4-33-22(29)11-12-27(34(3,31)32)20-14-21-19(13-18(20)15-5-6-15)23(24(30)26-2)28(21)17-9-7-16(25)8-10-17/h7-10,13-15H,4-6,11-12H2,1-3H3/p+1. The molecule has 0 unspecified atom stereocenters. The number of halogens is 1. The van der Waals surface area contributed by atoms with Gasteiger partial charge in [-0.05, 0) is 49.4 Å². The van der Waals surface area contributed by atoms with Gasteiger partial charge in [-0.1, -0.05) is 15.9 Å². The van der Waals surface area contributed by atoms with Gasteiger partial charge in [-0.3, -0.25) is 13.9 Å². The normalized spacial score (nSPS) is 14.8. The van der Waals surface area contributed by atoms with Crippen molar-refractivity contribution in [3.63, 3.8) is 0 Å². The Morgan fingerprint density at radius 1 is 1.21 bits per heavy atom. The van der Waals surface area contributed by atoms with Crippen molar-refractivity contribution in [2.45, 2.75) is 32.1 Å². The van der Waals surface area contributed by atoms with Gasteiger partial charge >= 0.3 is 11.9 Å². The molecule has 0 spiro atoms. The zero-order valence-corrected chi connectivity index (χ0v) is 21.7. The van der Waals surface area contributed by atoms with Crippen LogP contribution < -0.4 is 24.8 Å². The summed E-state index contributed by atoms with van der Waals surface area (Å²) in [5.41, 5.74) is 2.73. The number of fused-ring (bicyclic) bond motifs is 1. The van der Waals surface area contributed by atoms with Crippen molar-refractivity contribution < 1.29 is 22.7 Å². The molecule has 34 heavy (non-hydrogen) atoms. The molecule has 1 fully saturated rings. The van der Waals surface area contributed by atoms with Gasteiger partial charge in [0.2, 0.25) is 21.1 Å². The van der Waals surface area contributed by atoms with Crippen molar-refractivity contribution in [2.75, 3.05) is 30.8 Å².